The molecule has 0 amide bonds. The van der Waals surface area contributed by atoms with Crippen LogP contribution in [0.15, 0.2) is 12.7 Å². The highest BCUT2D eigenvalue weighted by atomic mass is 16.1. The van der Waals surface area contributed by atoms with Gasteiger partial charge in [-0.05, 0) is 43.6 Å². The van der Waals surface area contributed by atoms with Crippen molar-refractivity contribution in [2.75, 3.05) is 13.1 Å². The summed E-state index contributed by atoms with van der Waals surface area (Å²) in [4.78, 5) is 12.3. The first-order valence-electron chi connectivity index (χ1n) is 6.49. The first-order valence-corrected chi connectivity index (χ1v) is 6.49. The van der Waals surface area contributed by atoms with Gasteiger partial charge in [0.25, 0.3) is 0 Å². The Morgan fingerprint density at radius 1 is 1.62 bits per heavy atom. The lowest BCUT2D eigenvalue weighted by Crippen LogP contribution is -2.28. The van der Waals surface area contributed by atoms with E-state index in [1.807, 2.05) is 6.08 Å². The largest absolute Gasteiger partial charge is 0.316 e. The number of carbonyl (C=O) groups excluding carboxylic acids is 1. The number of nitrogens with one attached hydrogen (secondary N) is 1. The standard InChI is InChI=1S/C14H23NO/c1-3-4-12(11-5-6-11)13(16)9-14(2)7-8-15-10-14/h3,11-12,15H,1,4-10H2,2H3. The Bertz CT molecular complexity index is 274. The highest BCUT2D eigenvalue weighted by Gasteiger charge is 2.39. The minimum Gasteiger partial charge on any atom is -0.316 e. The SMILES string of the molecule is C=CCC(C(=O)CC1(C)CCNC1)C1CC1. The molecule has 2 nitrogen and oxygen atoms in total. The molecule has 0 aromatic carbocycles. The summed E-state index contributed by atoms with van der Waals surface area (Å²) >= 11 is 0. The first kappa shape index (κ1) is 11.8. The second-order valence-corrected chi connectivity index (χ2v) is 5.85. The summed E-state index contributed by atoms with van der Waals surface area (Å²) in [7, 11) is 0. The van der Waals surface area contributed by atoms with E-state index < -0.39 is 0 Å². The van der Waals surface area contributed by atoms with Gasteiger partial charge in [0.05, 0.1) is 0 Å². The Morgan fingerprint density at radius 3 is 2.88 bits per heavy atom. The summed E-state index contributed by atoms with van der Waals surface area (Å²) in [6.07, 6.45) is 7.20. The molecule has 0 bridgehead atoms. The van der Waals surface area contributed by atoms with E-state index in [2.05, 4.69) is 18.8 Å². The molecule has 1 saturated heterocycles. The van der Waals surface area contributed by atoms with Crippen molar-refractivity contribution in [1.29, 1.82) is 0 Å². The topological polar surface area (TPSA) is 29.1 Å². The number of ketones is 1. The van der Waals surface area contributed by atoms with Crippen LogP contribution in [0.5, 0.6) is 0 Å². The lowest BCUT2D eigenvalue weighted by Gasteiger charge is -2.24. The molecule has 0 aromatic heterocycles. The first-order chi connectivity index (χ1) is 7.64. The number of allylic oxidation sites excluding steroid dienone is 1. The van der Waals surface area contributed by atoms with E-state index in [9.17, 15) is 4.79 Å². The summed E-state index contributed by atoms with van der Waals surface area (Å²) < 4.78 is 0. The van der Waals surface area contributed by atoms with Crippen molar-refractivity contribution >= 4 is 5.78 Å². The predicted octanol–water partition coefficient (Wildman–Crippen LogP) is 2.55. The van der Waals surface area contributed by atoms with Gasteiger partial charge in [0, 0.05) is 18.9 Å². The molecule has 2 fully saturated rings. The molecule has 2 atom stereocenters. The third-order valence-corrected chi connectivity index (χ3v) is 4.08. The Balaban J connectivity index is 1.91. The van der Waals surface area contributed by atoms with Gasteiger partial charge >= 0.3 is 0 Å². The van der Waals surface area contributed by atoms with Gasteiger partial charge < -0.3 is 5.32 Å². The van der Waals surface area contributed by atoms with Crippen LogP contribution >= 0.6 is 0 Å². The van der Waals surface area contributed by atoms with E-state index in [0.29, 0.717) is 11.7 Å². The van der Waals surface area contributed by atoms with Crippen molar-refractivity contribution in [2.24, 2.45) is 17.3 Å². The van der Waals surface area contributed by atoms with Crippen molar-refractivity contribution < 1.29 is 4.79 Å². The molecule has 1 heterocycles. The molecule has 2 rings (SSSR count). The summed E-state index contributed by atoms with van der Waals surface area (Å²) in [5.41, 5.74) is 0.214. The van der Waals surface area contributed by atoms with E-state index in [1.54, 1.807) is 0 Å². The highest BCUT2D eigenvalue weighted by molar-refractivity contribution is 5.82. The molecule has 1 N–H and O–H groups in total. The minimum atomic E-state index is 0.214. The third-order valence-electron chi connectivity index (χ3n) is 4.08. The van der Waals surface area contributed by atoms with Crippen molar-refractivity contribution in [3.8, 4) is 0 Å². The molecule has 1 aliphatic carbocycles. The van der Waals surface area contributed by atoms with Crippen LogP contribution in [0.3, 0.4) is 0 Å². The van der Waals surface area contributed by atoms with E-state index in [1.165, 1.54) is 12.8 Å². The van der Waals surface area contributed by atoms with Crippen LogP contribution in [-0.2, 0) is 4.79 Å². The van der Waals surface area contributed by atoms with Crippen molar-refractivity contribution in [3.63, 3.8) is 0 Å². The van der Waals surface area contributed by atoms with Gasteiger partial charge in [0.2, 0.25) is 0 Å². The molecule has 2 aliphatic rings. The van der Waals surface area contributed by atoms with Crippen LogP contribution in [0, 0.1) is 17.3 Å². The zero-order chi connectivity index (χ0) is 11.6. The Morgan fingerprint density at radius 2 is 2.38 bits per heavy atom. The molecule has 2 unspecified atom stereocenters. The van der Waals surface area contributed by atoms with Gasteiger partial charge in [0.15, 0.2) is 0 Å². The fourth-order valence-electron chi connectivity index (χ4n) is 2.84. The van der Waals surface area contributed by atoms with E-state index in [-0.39, 0.29) is 11.3 Å². The second-order valence-electron chi connectivity index (χ2n) is 5.85. The van der Waals surface area contributed by atoms with Crippen LogP contribution in [0.25, 0.3) is 0 Å². The fraction of sp³-hybridized carbons (Fsp3) is 0.786. The molecule has 1 saturated carbocycles. The zero-order valence-corrected chi connectivity index (χ0v) is 10.3. The summed E-state index contributed by atoms with van der Waals surface area (Å²) in [6.45, 7) is 8.09. The molecule has 90 valence electrons. The maximum absolute atomic E-state index is 12.3. The molecule has 16 heavy (non-hydrogen) atoms. The number of Topliss-reactive ketones (excluding diaryl/α,β-unsaturated/α-hetero) is 1. The Hall–Kier alpha value is -0.630. The molecular formula is C14H23NO. The monoisotopic (exact) mass is 221 g/mol. The Labute approximate surface area is 98.5 Å². The van der Waals surface area contributed by atoms with Crippen molar-refractivity contribution in [3.05, 3.63) is 12.7 Å². The average molecular weight is 221 g/mol. The molecule has 0 radical (unpaired) electrons. The summed E-state index contributed by atoms with van der Waals surface area (Å²) in [6, 6.07) is 0. The van der Waals surface area contributed by atoms with Crippen molar-refractivity contribution in [2.45, 2.75) is 39.0 Å². The highest BCUT2D eigenvalue weighted by Crippen LogP contribution is 2.41. The van der Waals surface area contributed by atoms with Gasteiger partial charge in [-0.15, -0.1) is 6.58 Å². The normalized spacial score (nSPS) is 31.3. The number of hydrogen-bond acceptors (Lipinski definition) is 2. The fourth-order valence-corrected chi connectivity index (χ4v) is 2.84. The Kier molecular flexibility index (Phi) is 3.48. The van der Waals surface area contributed by atoms with E-state index in [4.69, 9.17) is 0 Å². The van der Waals surface area contributed by atoms with Crippen LogP contribution < -0.4 is 5.32 Å². The third kappa shape index (κ3) is 2.73. The van der Waals surface area contributed by atoms with E-state index >= 15 is 0 Å². The predicted molar refractivity (Wildman–Crippen MR) is 66.2 cm³/mol. The molecule has 0 spiro atoms. The number of rotatable bonds is 6. The van der Waals surface area contributed by atoms with Crippen LogP contribution in [0.1, 0.15) is 39.0 Å². The van der Waals surface area contributed by atoms with Crippen molar-refractivity contribution in [1.82, 2.24) is 5.32 Å². The minimum absolute atomic E-state index is 0.214. The maximum Gasteiger partial charge on any atom is 0.137 e. The van der Waals surface area contributed by atoms with Gasteiger partial charge in [-0.25, -0.2) is 0 Å². The molecule has 2 heteroatoms. The lowest BCUT2D eigenvalue weighted by molar-refractivity contribution is -0.125. The van der Waals surface area contributed by atoms with Crippen LogP contribution in [0.2, 0.25) is 0 Å². The molecule has 0 aromatic rings. The smallest absolute Gasteiger partial charge is 0.137 e. The average Bonchev–Trinajstić information content (AvgIpc) is 2.98. The second kappa shape index (κ2) is 4.70. The molecule has 1 aliphatic heterocycles. The quantitative estimate of drug-likeness (QED) is 0.698. The van der Waals surface area contributed by atoms with Gasteiger partial charge in [-0.2, -0.15) is 0 Å². The van der Waals surface area contributed by atoms with E-state index in [0.717, 1.165) is 32.4 Å². The van der Waals surface area contributed by atoms with Crippen LogP contribution in [-0.4, -0.2) is 18.9 Å². The van der Waals surface area contributed by atoms with Gasteiger partial charge in [-0.1, -0.05) is 13.0 Å². The summed E-state index contributed by atoms with van der Waals surface area (Å²) in [5.74, 6) is 1.42. The lowest BCUT2D eigenvalue weighted by atomic mass is 9.79. The zero-order valence-electron chi connectivity index (χ0n) is 10.3. The van der Waals surface area contributed by atoms with Gasteiger partial charge in [0.1, 0.15) is 5.78 Å². The molecular weight excluding hydrogens is 198 g/mol. The van der Waals surface area contributed by atoms with Gasteiger partial charge in [-0.3, -0.25) is 4.79 Å². The maximum atomic E-state index is 12.3. The number of carbonyl (C=O) groups is 1. The number of hydrogen-bond donors (Lipinski definition) is 1. The van der Waals surface area contributed by atoms with Crippen LogP contribution in [0.4, 0.5) is 0 Å². The summed E-state index contributed by atoms with van der Waals surface area (Å²) in [5, 5.41) is 3.36.